The molecule has 1 aromatic rings. The number of hydrogen-bond acceptors (Lipinski definition) is 2. The van der Waals surface area contributed by atoms with Gasteiger partial charge < -0.3 is 11.5 Å². The van der Waals surface area contributed by atoms with E-state index in [1.807, 2.05) is 0 Å². The van der Waals surface area contributed by atoms with Crippen molar-refractivity contribution >= 4 is 11.4 Å². The zero-order chi connectivity index (χ0) is 12.0. The molecule has 0 aliphatic carbocycles. The molecule has 1 aromatic carbocycles. The van der Waals surface area contributed by atoms with Gasteiger partial charge in [0.2, 0.25) is 0 Å². The third-order valence-electron chi connectivity index (χ3n) is 1.67. The first-order chi connectivity index (χ1) is 6.68. The number of anilines is 2. The minimum Gasteiger partial charge on any atom is -0.396 e. The fourth-order valence-electron chi connectivity index (χ4n) is 0.973. The third kappa shape index (κ3) is 1.66. The van der Waals surface area contributed by atoms with Crippen LogP contribution in [0.2, 0.25) is 0 Å². The molecule has 1 rings (SSSR count). The normalized spacial score (nSPS) is 11.9. The first-order valence-corrected chi connectivity index (χ1v) is 3.46. The van der Waals surface area contributed by atoms with E-state index in [2.05, 4.69) is 11.5 Å². The number of halogens is 6. The van der Waals surface area contributed by atoms with Crippen molar-refractivity contribution in [2.24, 2.45) is 0 Å². The Labute approximate surface area is 79.5 Å². The third-order valence-corrected chi connectivity index (χ3v) is 1.67. The second-order valence-corrected chi connectivity index (χ2v) is 2.64. The fraction of sp³-hybridized carbons (Fsp3) is 0.143. The van der Waals surface area contributed by atoms with E-state index in [1.54, 1.807) is 0 Å². The van der Waals surface area contributed by atoms with Crippen LogP contribution in [0.1, 0.15) is 5.56 Å². The highest BCUT2D eigenvalue weighted by Crippen LogP contribution is 2.40. The van der Waals surface area contributed by atoms with Crippen LogP contribution in [0.4, 0.5) is 37.7 Å². The van der Waals surface area contributed by atoms with E-state index in [9.17, 15) is 26.3 Å². The summed E-state index contributed by atoms with van der Waals surface area (Å²) >= 11 is 0. The van der Waals surface area contributed by atoms with Crippen LogP contribution < -0.4 is 11.5 Å². The van der Waals surface area contributed by atoms with Gasteiger partial charge in [0.15, 0.2) is 17.5 Å². The minimum atomic E-state index is -5.24. The van der Waals surface area contributed by atoms with E-state index in [4.69, 9.17) is 0 Å². The summed E-state index contributed by atoms with van der Waals surface area (Å²) in [5.41, 5.74) is 3.92. The van der Waals surface area contributed by atoms with Gasteiger partial charge in [-0.3, -0.25) is 0 Å². The number of nitrogen functional groups attached to an aromatic ring is 2. The molecule has 0 aliphatic rings. The van der Waals surface area contributed by atoms with Crippen LogP contribution in [0.15, 0.2) is 0 Å². The highest BCUT2D eigenvalue weighted by atomic mass is 19.4. The molecule has 0 aromatic heterocycles. The van der Waals surface area contributed by atoms with Gasteiger partial charge in [0.1, 0.15) is 11.3 Å². The molecule has 0 amide bonds. The minimum absolute atomic E-state index is 1.55. The van der Waals surface area contributed by atoms with Crippen LogP contribution in [0.3, 0.4) is 0 Å². The molecule has 0 saturated carbocycles. The zero-order valence-electron chi connectivity index (χ0n) is 6.92. The highest BCUT2D eigenvalue weighted by Gasteiger charge is 2.40. The van der Waals surface area contributed by atoms with Crippen molar-refractivity contribution in [2.75, 3.05) is 11.5 Å². The van der Waals surface area contributed by atoms with E-state index in [0.29, 0.717) is 0 Å². The van der Waals surface area contributed by atoms with Crippen LogP contribution in [0.25, 0.3) is 0 Å². The maximum atomic E-state index is 12.9. The Hall–Kier alpha value is -1.60. The summed E-state index contributed by atoms with van der Waals surface area (Å²) in [5, 5.41) is 0. The Bertz CT molecular complexity index is 382. The van der Waals surface area contributed by atoms with Gasteiger partial charge in [-0.15, -0.1) is 0 Å². The average Bonchev–Trinajstić information content (AvgIpc) is 2.09. The fourth-order valence-corrected chi connectivity index (χ4v) is 0.973. The molecular formula is C7H4F6N2. The van der Waals surface area contributed by atoms with Crippen molar-refractivity contribution < 1.29 is 26.3 Å². The first-order valence-electron chi connectivity index (χ1n) is 3.46. The van der Waals surface area contributed by atoms with Crippen LogP contribution >= 0.6 is 0 Å². The SMILES string of the molecule is Nc1c(F)c(F)c(N)c(C(F)(F)F)c1F. The predicted octanol–water partition coefficient (Wildman–Crippen LogP) is 2.29. The van der Waals surface area contributed by atoms with Crippen LogP contribution in [-0.4, -0.2) is 0 Å². The van der Waals surface area contributed by atoms with Crippen LogP contribution in [0.5, 0.6) is 0 Å². The number of benzene rings is 1. The summed E-state index contributed by atoms with van der Waals surface area (Å²) in [6, 6.07) is 0. The van der Waals surface area contributed by atoms with Gasteiger partial charge >= 0.3 is 6.18 Å². The molecule has 4 N–H and O–H groups in total. The molecule has 0 saturated heterocycles. The molecule has 0 bridgehead atoms. The Kier molecular flexibility index (Phi) is 2.46. The number of hydrogen-bond donors (Lipinski definition) is 2. The zero-order valence-corrected chi connectivity index (χ0v) is 6.92. The maximum absolute atomic E-state index is 12.9. The summed E-state index contributed by atoms with van der Waals surface area (Å²) in [6.45, 7) is 0. The molecule has 15 heavy (non-hydrogen) atoms. The monoisotopic (exact) mass is 230 g/mol. The predicted molar refractivity (Wildman–Crippen MR) is 40.1 cm³/mol. The number of alkyl halides is 3. The Morgan fingerprint density at radius 1 is 0.733 bits per heavy atom. The maximum Gasteiger partial charge on any atom is 0.421 e. The van der Waals surface area contributed by atoms with Crippen LogP contribution in [-0.2, 0) is 6.18 Å². The van der Waals surface area contributed by atoms with E-state index in [0.717, 1.165) is 0 Å². The molecule has 84 valence electrons. The lowest BCUT2D eigenvalue weighted by Crippen LogP contribution is -2.16. The van der Waals surface area contributed by atoms with Crippen LogP contribution in [0, 0.1) is 17.5 Å². The average molecular weight is 230 g/mol. The summed E-state index contributed by atoms with van der Waals surface area (Å²) in [4.78, 5) is 0. The van der Waals surface area contributed by atoms with Crippen molar-refractivity contribution in [1.29, 1.82) is 0 Å². The molecular weight excluding hydrogens is 226 g/mol. The van der Waals surface area contributed by atoms with E-state index < -0.39 is 40.6 Å². The van der Waals surface area contributed by atoms with Crippen molar-refractivity contribution in [2.45, 2.75) is 6.18 Å². The quantitative estimate of drug-likeness (QED) is 0.408. The van der Waals surface area contributed by atoms with Gasteiger partial charge in [0.25, 0.3) is 0 Å². The van der Waals surface area contributed by atoms with Crippen molar-refractivity contribution in [1.82, 2.24) is 0 Å². The topological polar surface area (TPSA) is 52.0 Å². The summed E-state index contributed by atoms with van der Waals surface area (Å²) in [5.74, 6) is -6.06. The molecule has 8 heteroatoms. The lowest BCUT2D eigenvalue weighted by molar-refractivity contribution is -0.139. The van der Waals surface area contributed by atoms with Gasteiger partial charge in [-0.2, -0.15) is 13.2 Å². The number of rotatable bonds is 0. The molecule has 0 spiro atoms. The van der Waals surface area contributed by atoms with Gasteiger partial charge in [-0.05, 0) is 0 Å². The molecule has 0 radical (unpaired) electrons. The van der Waals surface area contributed by atoms with Crippen molar-refractivity contribution in [3.8, 4) is 0 Å². The summed E-state index contributed by atoms with van der Waals surface area (Å²) in [7, 11) is 0. The lowest BCUT2D eigenvalue weighted by atomic mass is 10.1. The summed E-state index contributed by atoms with van der Waals surface area (Å²) < 4.78 is 74.6. The van der Waals surface area contributed by atoms with Gasteiger partial charge in [0, 0.05) is 0 Å². The Morgan fingerprint density at radius 2 is 1.13 bits per heavy atom. The Balaban J connectivity index is 3.68. The Morgan fingerprint density at radius 3 is 1.53 bits per heavy atom. The molecule has 0 aliphatic heterocycles. The second-order valence-electron chi connectivity index (χ2n) is 2.64. The highest BCUT2D eigenvalue weighted by molar-refractivity contribution is 5.59. The van der Waals surface area contributed by atoms with Crippen molar-refractivity contribution in [3.05, 3.63) is 23.0 Å². The molecule has 0 heterocycles. The second kappa shape index (κ2) is 3.21. The largest absolute Gasteiger partial charge is 0.421 e. The molecule has 0 atom stereocenters. The van der Waals surface area contributed by atoms with Gasteiger partial charge in [0.05, 0.1) is 5.69 Å². The smallest absolute Gasteiger partial charge is 0.396 e. The lowest BCUT2D eigenvalue weighted by Gasteiger charge is -2.13. The van der Waals surface area contributed by atoms with Crippen molar-refractivity contribution in [3.63, 3.8) is 0 Å². The number of nitrogens with two attached hydrogens (primary N) is 2. The van der Waals surface area contributed by atoms with Gasteiger partial charge in [-0.1, -0.05) is 0 Å². The van der Waals surface area contributed by atoms with Gasteiger partial charge in [-0.25, -0.2) is 13.2 Å². The van der Waals surface area contributed by atoms with E-state index in [1.165, 1.54) is 0 Å². The standard InChI is InChI=1S/C7H4F6N2/c8-2-1(7(11,12)13)5(14)3(9)4(10)6(2)15/h14-15H2. The van der Waals surface area contributed by atoms with E-state index >= 15 is 0 Å². The molecule has 2 nitrogen and oxygen atoms in total. The first kappa shape index (κ1) is 11.5. The molecule has 0 fully saturated rings. The van der Waals surface area contributed by atoms with E-state index in [-0.39, 0.29) is 0 Å². The summed E-state index contributed by atoms with van der Waals surface area (Å²) in [6.07, 6.45) is -5.24. The molecule has 0 unspecified atom stereocenters.